The Morgan fingerprint density at radius 3 is 2.40 bits per heavy atom. The van der Waals surface area contributed by atoms with Crippen LogP contribution in [-0.4, -0.2) is 12.2 Å². The molecule has 0 radical (unpaired) electrons. The van der Waals surface area contributed by atoms with Crippen LogP contribution in [-0.2, 0) is 12.4 Å². The molecular formula is C16H14ClNO2. The molecule has 1 N–H and O–H groups in total. The number of nitrogens with one attached hydrogen (secondary N) is 1. The van der Waals surface area contributed by atoms with Crippen LogP contribution >= 0.6 is 11.6 Å². The van der Waals surface area contributed by atoms with Crippen molar-refractivity contribution in [1.82, 2.24) is 5.32 Å². The lowest BCUT2D eigenvalue weighted by molar-refractivity contribution is 0.0945. The minimum Gasteiger partial charge on any atom is -0.348 e. The number of halogens is 1. The summed E-state index contributed by atoms with van der Waals surface area (Å²) in [5, 5.41) is 2.81. The Labute approximate surface area is 122 Å². The SMILES string of the molecule is O=Cc1ccccc1C(=O)NCc1ccccc1CCl. The highest BCUT2D eigenvalue weighted by Crippen LogP contribution is 2.12. The Bertz CT molecular complexity index is 625. The van der Waals surface area contributed by atoms with Crippen molar-refractivity contribution in [2.24, 2.45) is 0 Å². The lowest BCUT2D eigenvalue weighted by Gasteiger charge is -2.09. The third kappa shape index (κ3) is 3.25. The van der Waals surface area contributed by atoms with E-state index in [-0.39, 0.29) is 5.91 Å². The second kappa shape index (κ2) is 6.87. The van der Waals surface area contributed by atoms with Gasteiger partial charge in [0.15, 0.2) is 6.29 Å². The molecule has 0 fully saturated rings. The highest BCUT2D eigenvalue weighted by atomic mass is 35.5. The molecule has 0 aliphatic carbocycles. The first-order valence-electron chi connectivity index (χ1n) is 6.21. The van der Waals surface area contributed by atoms with Gasteiger partial charge >= 0.3 is 0 Å². The fourth-order valence-electron chi connectivity index (χ4n) is 1.94. The maximum atomic E-state index is 12.1. The van der Waals surface area contributed by atoms with Crippen molar-refractivity contribution in [2.45, 2.75) is 12.4 Å². The second-order valence-corrected chi connectivity index (χ2v) is 4.56. The average Bonchev–Trinajstić information content (AvgIpc) is 2.52. The average molecular weight is 288 g/mol. The quantitative estimate of drug-likeness (QED) is 0.678. The van der Waals surface area contributed by atoms with E-state index in [9.17, 15) is 9.59 Å². The van der Waals surface area contributed by atoms with Gasteiger partial charge in [0, 0.05) is 23.6 Å². The molecule has 0 saturated heterocycles. The standard InChI is InChI=1S/C16H14ClNO2/c17-9-12-5-1-2-6-13(12)10-18-16(20)15-8-4-3-7-14(15)11-19/h1-8,11H,9-10H2,(H,18,20). The van der Waals surface area contributed by atoms with Gasteiger partial charge in [-0.15, -0.1) is 11.6 Å². The number of carbonyl (C=O) groups is 2. The Balaban J connectivity index is 2.11. The van der Waals surface area contributed by atoms with Crippen molar-refractivity contribution < 1.29 is 9.59 Å². The molecule has 0 aliphatic rings. The van der Waals surface area contributed by atoms with Gasteiger partial charge in [-0.2, -0.15) is 0 Å². The molecule has 1 amide bonds. The number of hydrogen-bond donors (Lipinski definition) is 1. The minimum absolute atomic E-state index is 0.267. The van der Waals surface area contributed by atoms with Gasteiger partial charge in [0.25, 0.3) is 5.91 Å². The zero-order valence-electron chi connectivity index (χ0n) is 10.8. The van der Waals surface area contributed by atoms with Crippen LogP contribution in [0.5, 0.6) is 0 Å². The Morgan fingerprint density at radius 1 is 1.05 bits per heavy atom. The van der Waals surface area contributed by atoms with Crippen molar-refractivity contribution in [3.63, 3.8) is 0 Å². The van der Waals surface area contributed by atoms with E-state index in [4.69, 9.17) is 11.6 Å². The molecule has 102 valence electrons. The first-order chi connectivity index (χ1) is 9.76. The molecule has 2 aromatic rings. The maximum absolute atomic E-state index is 12.1. The molecule has 0 aliphatic heterocycles. The maximum Gasteiger partial charge on any atom is 0.252 e. The summed E-state index contributed by atoms with van der Waals surface area (Å²) in [4.78, 5) is 23.0. The number of amides is 1. The molecule has 0 atom stereocenters. The largest absolute Gasteiger partial charge is 0.348 e. The van der Waals surface area contributed by atoms with E-state index in [0.29, 0.717) is 29.8 Å². The summed E-state index contributed by atoms with van der Waals surface area (Å²) >= 11 is 5.85. The van der Waals surface area contributed by atoms with Gasteiger partial charge in [-0.05, 0) is 17.2 Å². The van der Waals surface area contributed by atoms with Gasteiger partial charge in [-0.1, -0.05) is 42.5 Å². The lowest BCUT2D eigenvalue weighted by Crippen LogP contribution is -2.24. The van der Waals surface area contributed by atoms with Crippen LogP contribution in [0.25, 0.3) is 0 Å². The van der Waals surface area contributed by atoms with Crippen LogP contribution in [0.2, 0.25) is 0 Å². The van der Waals surface area contributed by atoms with E-state index >= 15 is 0 Å². The number of aldehydes is 1. The predicted octanol–water partition coefficient (Wildman–Crippen LogP) is 3.17. The molecule has 0 aromatic heterocycles. The van der Waals surface area contributed by atoms with Gasteiger partial charge < -0.3 is 5.32 Å². The summed E-state index contributed by atoms with van der Waals surface area (Å²) in [5.74, 6) is 0.133. The Kier molecular flexibility index (Phi) is 4.91. The molecule has 20 heavy (non-hydrogen) atoms. The zero-order valence-corrected chi connectivity index (χ0v) is 11.6. The first kappa shape index (κ1) is 14.3. The molecule has 2 aromatic carbocycles. The second-order valence-electron chi connectivity index (χ2n) is 4.29. The van der Waals surface area contributed by atoms with Crippen LogP contribution < -0.4 is 5.32 Å². The number of rotatable bonds is 5. The lowest BCUT2D eigenvalue weighted by atomic mass is 10.1. The van der Waals surface area contributed by atoms with E-state index in [2.05, 4.69) is 5.32 Å². The van der Waals surface area contributed by atoms with E-state index in [1.54, 1.807) is 24.3 Å². The molecule has 0 heterocycles. The summed E-state index contributed by atoms with van der Waals surface area (Å²) in [6.45, 7) is 0.384. The fraction of sp³-hybridized carbons (Fsp3) is 0.125. The van der Waals surface area contributed by atoms with Gasteiger partial charge in [0.05, 0.1) is 0 Å². The Morgan fingerprint density at radius 2 is 1.70 bits per heavy atom. The molecule has 0 spiro atoms. The fourth-order valence-corrected chi connectivity index (χ4v) is 2.20. The highest BCUT2D eigenvalue weighted by molar-refractivity contribution is 6.17. The van der Waals surface area contributed by atoms with E-state index < -0.39 is 0 Å². The molecule has 2 rings (SSSR count). The number of alkyl halides is 1. The molecule has 3 nitrogen and oxygen atoms in total. The van der Waals surface area contributed by atoms with Crippen molar-refractivity contribution in [3.05, 3.63) is 70.8 Å². The van der Waals surface area contributed by atoms with Crippen molar-refractivity contribution in [3.8, 4) is 0 Å². The van der Waals surface area contributed by atoms with Crippen LogP contribution in [0.4, 0.5) is 0 Å². The molecule has 0 unspecified atom stereocenters. The van der Waals surface area contributed by atoms with Crippen LogP contribution in [0.3, 0.4) is 0 Å². The molecule has 0 saturated carbocycles. The zero-order chi connectivity index (χ0) is 14.4. The van der Waals surface area contributed by atoms with Crippen molar-refractivity contribution in [2.75, 3.05) is 0 Å². The monoisotopic (exact) mass is 287 g/mol. The molecule has 4 heteroatoms. The van der Waals surface area contributed by atoms with Crippen LogP contribution in [0.1, 0.15) is 31.8 Å². The van der Waals surface area contributed by atoms with Gasteiger partial charge in [0.1, 0.15) is 0 Å². The molecule has 0 bridgehead atoms. The van der Waals surface area contributed by atoms with E-state index in [1.165, 1.54) is 0 Å². The van der Waals surface area contributed by atoms with E-state index in [1.807, 2.05) is 24.3 Å². The van der Waals surface area contributed by atoms with Gasteiger partial charge in [-0.3, -0.25) is 9.59 Å². The summed E-state index contributed by atoms with van der Waals surface area (Å²) in [7, 11) is 0. The number of carbonyl (C=O) groups excluding carboxylic acids is 2. The highest BCUT2D eigenvalue weighted by Gasteiger charge is 2.10. The Hall–Kier alpha value is -2.13. The van der Waals surface area contributed by atoms with Crippen molar-refractivity contribution >= 4 is 23.8 Å². The summed E-state index contributed by atoms with van der Waals surface area (Å²) in [6, 6.07) is 14.4. The van der Waals surface area contributed by atoms with Gasteiger partial charge in [0.2, 0.25) is 0 Å². The van der Waals surface area contributed by atoms with Crippen LogP contribution in [0.15, 0.2) is 48.5 Å². The van der Waals surface area contributed by atoms with Crippen LogP contribution in [0, 0.1) is 0 Å². The molecular weight excluding hydrogens is 274 g/mol. The summed E-state index contributed by atoms with van der Waals surface area (Å²) in [6.07, 6.45) is 0.682. The summed E-state index contributed by atoms with van der Waals surface area (Å²) in [5.41, 5.74) is 2.72. The predicted molar refractivity (Wildman–Crippen MR) is 79.0 cm³/mol. The normalized spacial score (nSPS) is 10.1. The number of benzene rings is 2. The topological polar surface area (TPSA) is 46.2 Å². The summed E-state index contributed by atoms with van der Waals surface area (Å²) < 4.78 is 0. The first-order valence-corrected chi connectivity index (χ1v) is 6.75. The van der Waals surface area contributed by atoms with Gasteiger partial charge in [-0.25, -0.2) is 0 Å². The third-order valence-corrected chi connectivity index (χ3v) is 3.32. The minimum atomic E-state index is -0.267. The van der Waals surface area contributed by atoms with E-state index in [0.717, 1.165) is 11.1 Å². The number of hydrogen-bond acceptors (Lipinski definition) is 2. The smallest absolute Gasteiger partial charge is 0.252 e. The van der Waals surface area contributed by atoms with Crippen molar-refractivity contribution in [1.29, 1.82) is 0 Å². The third-order valence-electron chi connectivity index (χ3n) is 3.03.